The summed E-state index contributed by atoms with van der Waals surface area (Å²) in [7, 11) is -9.89. The standard InChI is InChI=1S/C67H130O17P2/c1-6-9-12-15-18-20-22-28-31-36-41-46-51-65(70)78-57-63(84-67(72)53-48-43-38-33-29-25-23-24-27-30-35-39-44-49-60(4)5)59-82-86(75,76)80-55-61(68)54-79-85(73,74)81-58-62(56-77-64(69)50-45-40-34-17-14-11-8-3)83-66(71)52-47-42-37-32-26-21-19-16-13-10-7-2/h60-63,68H,6-59H2,1-5H3,(H,73,74)(H,75,76)/t61-,62+,63+/m0/s1. The normalized spacial score (nSPS) is 14.2. The Kier molecular flexibility index (Phi) is 59.2. The lowest BCUT2D eigenvalue weighted by Gasteiger charge is -2.21. The van der Waals surface area contributed by atoms with E-state index in [9.17, 15) is 43.2 Å². The lowest BCUT2D eigenvalue weighted by Crippen LogP contribution is -2.30. The monoisotopic (exact) mass is 1270 g/mol. The second kappa shape index (κ2) is 60.6. The topological polar surface area (TPSA) is 237 Å². The first-order valence-corrected chi connectivity index (χ1v) is 38.1. The van der Waals surface area contributed by atoms with Gasteiger partial charge in [-0.2, -0.15) is 0 Å². The molecule has 0 bridgehead atoms. The molecule has 0 aliphatic carbocycles. The van der Waals surface area contributed by atoms with Crippen molar-refractivity contribution in [3.8, 4) is 0 Å². The van der Waals surface area contributed by atoms with Crippen LogP contribution in [0.3, 0.4) is 0 Å². The molecule has 19 heteroatoms. The van der Waals surface area contributed by atoms with E-state index in [1.165, 1.54) is 154 Å². The van der Waals surface area contributed by atoms with Gasteiger partial charge < -0.3 is 33.8 Å². The van der Waals surface area contributed by atoms with Gasteiger partial charge in [0.15, 0.2) is 12.2 Å². The molecule has 86 heavy (non-hydrogen) atoms. The van der Waals surface area contributed by atoms with Crippen molar-refractivity contribution in [2.75, 3.05) is 39.6 Å². The molecule has 0 aromatic carbocycles. The second-order valence-corrected chi connectivity index (χ2v) is 27.6. The highest BCUT2D eigenvalue weighted by Crippen LogP contribution is 2.45. The van der Waals surface area contributed by atoms with Crippen molar-refractivity contribution in [1.29, 1.82) is 0 Å². The molecule has 0 radical (unpaired) electrons. The maximum absolute atomic E-state index is 13.0. The van der Waals surface area contributed by atoms with Gasteiger partial charge in [0, 0.05) is 25.7 Å². The Labute approximate surface area is 524 Å². The fourth-order valence-corrected chi connectivity index (χ4v) is 11.7. The molecule has 510 valence electrons. The largest absolute Gasteiger partial charge is 0.472 e. The summed E-state index contributed by atoms with van der Waals surface area (Å²) in [5, 5.41) is 10.5. The van der Waals surface area contributed by atoms with Crippen molar-refractivity contribution < 1.29 is 80.2 Å². The van der Waals surface area contributed by atoms with Crippen LogP contribution in [0.2, 0.25) is 0 Å². The van der Waals surface area contributed by atoms with Crippen LogP contribution in [0.4, 0.5) is 0 Å². The number of carbonyl (C=O) groups excluding carboxylic acids is 4. The summed E-state index contributed by atoms with van der Waals surface area (Å²) in [6.45, 7) is 7.20. The first-order valence-electron chi connectivity index (χ1n) is 35.1. The quantitative estimate of drug-likeness (QED) is 0.0222. The molecule has 0 saturated heterocycles. The lowest BCUT2D eigenvalue weighted by molar-refractivity contribution is -0.161. The van der Waals surface area contributed by atoms with E-state index in [0.29, 0.717) is 25.7 Å². The van der Waals surface area contributed by atoms with Crippen molar-refractivity contribution in [2.45, 2.75) is 361 Å². The minimum atomic E-state index is -4.95. The number of aliphatic hydroxyl groups is 1. The highest BCUT2D eigenvalue weighted by molar-refractivity contribution is 7.47. The Balaban J connectivity index is 5.20. The minimum absolute atomic E-state index is 0.107. The van der Waals surface area contributed by atoms with Gasteiger partial charge in [0.05, 0.1) is 26.4 Å². The Bertz CT molecular complexity index is 1670. The van der Waals surface area contributed by atoms with E-state index in [0.717, 1.165) is 109 Å². The number of unbranched alkanes of at least 4 members (excludes halogenated alkanes) is 39. The third kappa shape index (κ3) is 60.9. The summed E-state index contributed by atoms with van der Waals surface area (Å²) in [6.07, 6.45) is 45.8. The molecule has 0 spiro atoms. The van der Waals surface area contributed by atoms with Crippen LogP contribution in [0, 0.1) is 5.92 Å². The van der Waals surface area contributed by atoms with Gasteiger partial charge in [-0.1, -0.05) is 291 Å². The third-order valence-corrected chi connectivity index (χ3v) is 17.4. The van der Waals surface area contributed by atoms with Crippen LogP contribution in [-0.2, 0) is 65.4 Å². The second-order valence-electron chi connectivity index (χ2n) is 24.7. The molecule has 0 heterocycles. The first-order chi connectivity index (χ1) is 41.5. The van der Waals surface area contributed by atoms with E-state index in [2.05, 4.69) is 34.6 Å². The van der Waals surface area contributed by atoms with E-state index in [-0.39, 0.29) is 25.7 Å². The minimum Gasteiger partial charge on any atom is -0.462 e. The van der Waals surface area contributed by atoms with Crippen LogP contribution in [0.25, 0.3) is 0 Å². The summed E-state index contributed by atoms with van der Waals surface area (Å²) >= 11 is 0. The van der Waals surface area contributed by atoms with Crippen molar-refractivity contribution in [1.82, 2.24) is 0 Å². The van der Waals surface area contributed by atoms with Gasteiger partial charge in [0.1, 0.15) is 19.3 Å². The van der Waals surface area contributed by atoms with Crippen molar-refractivity contribution in [2.24, 2.45) is 5.92 Å². The van der Waals surface area contributed by atoms with Crippen LogP contribution in [0.5, 0.6) is 0 Å². The number of hydrogen-bond donors (Lipinski definition) is 3. The third-order valence-electron chi connectivity index (χ3n) is 15.5. The molecule has 0 aromatic rings. The summed E-state index contributed by atoms with van der Waals surface area (Å²) in [6, 6.07) is 0. The number of phosphoric acid groups is 2. The summed E-state index contributed by atoms with van der Waals surface area (Å²) in [5.41, 5.74) is 0. The van der Waals surface area contributed by atoms with Crippen LogP contribution >= 0.6 is 15.6 Å². The average Bonchev–Trinajstić information content (AvgIpc) is 3.65. The summed E-state index contributed by atoms with van der Waals surface area (Å²) in [4.78, 5) is 72.3. The van der Waals surface area contributed by atoms with Gasteiger partial charge in [0.2, 0.25) is 0 Å². The van der Waals surface area contributed by atoms with E-state index in [1.54, 1.807) is 0 Å². The molecule has 5 atom stereocenters. The zero-order chi connectivity index (χ0) is 63.5. The van der Waals surface area contributed by atoms with Gasteiger partial charge >= 0.3 is 39.5 Å². The Morgan fingerprint density at radius 2 is 0.535 bits per heavy atom. The average molecular weight is 1270 g/mol. The van der Waals surface area contributed by atoms with Gasteiger partial charge in [-0.15, -0.1) is 0 Å². The molecule has 2 unspecified atom stereocenters. The number of aliphatic hydroxyl groups excluding tert-OH is 1. The molecular formula is C67H130O17P2. The molecular weight excluding hydrogens is 1140 g/mol. The molecule has 0 saturated carbocycles. The fraction of sp³-hybridized carbons (Fsp3) is 0.940. The molecule has 0 aliphatic rings. The predicted molar refractivity (Wildman–Crippen MR) is 345 cm³/mol. The zero-order valence-electron chi connectivity index (χ0n) is 55.4. The number of phosphoric ester groups is 2. The number of ether oxygens (including phenoxy) is 4. The van der Waals surface area contributed by atoms with Crippen LogP contribution in [0.15, 0.2) is 0 Å². The van der Waals surface area contributed by atoms with Crippen molar-refractivity contribution in [3.63, 3.8) is 0 Å². The summed E-state index contributed by atoms with van der Waals surface area (Å²) < 4.78 is 68.1. The van der Waals surface area contributed by atoms with Gasteiger partial charge in [-0.25, -0.2) is 9.13 Å². The number of hydrogen-bond acceptors (Lipinski definition) is 15. The van der Waals surface area contributed by atoms with Crippen LogP contribution < -0.4 is 0 Å². The SMILES string of the molecule is CCCCCCCCCCCCCCC(=O)OC[C@H](COP(=O)(O)OC[C@@H](O)COP(=O)(O)OC[C@@H](COC(=O)CCCCCCCCC)OC(=O)CCCCCCCCCCCCC)OC(=O)CCCCCCCCCCCCCCCC(C)C. The summed E-state index contributed by atoms with van der Waals surface area (Å²) in [5.74, 6) is -1.34. The molecule has 3 N–H and O–H groups in total. The molecule has 0 amide bonds. The molecule has 0 aliphatic heterocycles. The van der Waals surface area contributed by atoms with Crippen LogP contribution in [0.1, 0.15) is 343 Å². The van der Waals surface area contributed by atoms with Gasteiger partial charge in [-0.05, 0) is 31.6 Å². The zero-order valence-corrected chi connectivity index (χ0v) is 57.2. The molecule has 0 rings (SSSR count). The van der Waals surface area contributed by atoms with Gasteiger partial charge in [-0.3, -0.25) is 37.3 Å². The lowest BCUT2D eigenvalue weighted by atomic mass is 10.0. The van der Waals surface area contributed by atoms with Gasteiger partial charge in [0.25, 0.3) is 0 Å². The van der Waals surface area contributed by atoms with E-state index < -0.39 is 97.5 Å². The predicted octanol–water partition coefficient (Wildman–Crippen LogP) is 19.0. The smallest absolute Gasteiger partial charge is 0.462 e. The number of esters is 4. The highest BCUT2D eigenvalue weighted by Gasteiger charge is 2.30. The van der Waals surface area contributed by atoms with E-state index in [1.807, 2.05) is 0 Å². The van der Waals surface area contributed by atoms with Crippen LogP contribution in [-0.4, -0.2) is 96.7 Å². The van der Waals surface area contributed by atoms with E-state index in [4.69, 9.17) is 37.0 Å². The number of rotatable bonds is 67. The molecule has 0 aromatic heterocycles. The van der Waals surface area contributed by atoms with Crippen molar-refractivity contribution in [3.05, 3.63) is 0 Å². The molecule has 17 nitrogen and oxygen atoms in total. The first kappa shape index (κ1) is 84.1. The van der Waals surface area contributed by atoms with Crippen molar-refractivity contribution >= 4 is 39.5 Å². The Morgan fingerprint density at radius 3 is 0.791 bits per heavy atom. The van der Waals surface area contributed by atoms with E-state index >= 15 is 0 Å². The Morgan fingerprint density at radius 1 is 0.314 bits per heavy atom. The highest BCUT2D eigenvalue weighted by atomic mass is 31.2. The fourth-order valence-electron chi connectivity index (χ4n) is 10.1. The molecule has 0 fully saturated rings. The number of carbonyl (C=O) groups is 4. The maximum atomic E-state index is 13.0. The Hall–Kier alpha value is -1.94. The maximum Gasteiger partial charge on any atom is 0.472 e.